The molecule has 0 fully saturated rings. The maximum absolute atomic E-state index is 11.8. The van der Waals surface area contributed by atoms with E-state index in [0.717, 1.165) is 12.0 Å². The molecule has 156 valence electrons. The van der Waals surface area contributed by atoms with E-state index in [2.05, 4.69) is 16.2 Å². The molecule has 3 N–H and O–H groups in total. The molecular weight excluding hydrogens is 408 g/mol. The van der Waals surface area contributed by atoms with E-state index >= 15 is 0 Å². The zero-order valence-electron chi connectivity index (χ0n) is 16.1. The largest absolute Gasteiger partial charge is 0.484 e. The van der Waals surface area contributed by atoms with Crippen molar-refractivity contribution in [3.8, 4) is 5.75 Å². The standard InChI is InChI=1S/C20H20N4O5S/c1-2-14-5-10-17(11-6-14)29-13-19(26)22-23-20(30)21-18(25)12-7-15-3-8-16(9-4-15)24(27)28/h3-12H,2,13H2,1H3,(H,22,26)(H2,21,23,25,30)/b12-7+. The number of nitro benzene ring substituents is 1. The second-order valence-electron chi connectivity index (χ2n) is 5.96. The van der Waals surface area contributed by atoms with Gasteiger partial charge in [0.1, 0.15) is 5.75 Å². The van der Waals surface area contributed by atoms with Crippen LogP contribution in [0.1, 0.15) is 18.1 Å². The number of aryl methyl sites for hydroxylation is 1. The Morgan fingerprint density at radius 3 is 2.37 bits per heavy atom. The van der Waals surface area contributed by atoms with E-state index in [-0.39, 0.29) is 17.4 Å². The van der Waals surface area contributed by atoms with Crippen LogP contribution in [0.5, 0.6) is 5.75 Å². The minimum atomic E-state index is -0.535. The molecule has 0 bridgehead atoms. The second-order valence-corrected chi connectivity index (χ2v) is 6.37. The first-order valence-electron chi connectivity index (χ1n) is 8.91. The van der Waals surface area contributed by atoms with E-state index < -0.39 is 16.7 Å². The first-order valence-corrected chi connectivity index (χ1v) is 9.32. The third-order valence-electron chi connectivity index (χ3n) is 3.78. The molecule has 0 aliphatic carbocycles. The van der Waals surface area contributed by atoms with Crippen LogP contribution in [0.25, 0.3) is 6.08 Å². The van der Waals surface area contributed by atoms with E-state index in [4.69, 9.17) is 17.0 Å². The number of amides is 2. The molecule has 0 atom stereocenters. The molecule has 2 aromatic rings. The maximum Gasteiger partial charge on any atom is 0.276 e. The highest BCUT2D eigenvalue weighted by Crippen LogP contribution is 2.13. The number of thiocarbonyl (C=S) groups is 1. The SMILES string of the molecule is CCc1ccc(OCC(=O)NNC(=S)NC(=O)/C=C/c2ccc([N+](=O)[O-])cc2)cc1. The molecule has 9 nitrogen and oxygen atoms in total. The van der Waals surface area contributed by atoms with Gasteiger partial charge in [0.15, 0.2) is 11.7 Å². The van der Waals surface area contributed by atoms with Crippen LogP contribution in [0, 0.1) is 10.1 Å². The minimum absolute atomic E-state index is 0.0420. The van der Waals surface area contributed by atoms with Crippen molar-refractivity contribution in [3.63, 3.8) is 0 Å². The van der Waals surface area contributed by atoms with Gasteiger partial charge in [0.2, 0.25) is 5.91 Å². The molecule has 0 saturated heterocycles. The molecule has 2 rings (SSSR count). The number of nitrogens with one attached hydrogen (secondary N) is 3. The second kappa shape index (κ2) is 11.3. The number of nitrogens with zero attached hydrogens (tertiary/aromatic N) is 1. The van der Waals surface area contributed by atoms with Gasteiger partial charge in [-0.2, -0.15) is 0 Å². The van der Waals surface area contributed by atoms with Crippen LogP contribution in [-0.4, -0.2) is 28.5 Å². The Morgan fingerprint density at radius 2 is 1.77 bits per heavy atom. The fourth-order valence-electron chi connectivity index (χ4n) is 2.20. The summed E-state index contributed by atoms with van der Waals surface area (Å²) in [5.74, 6) is -0.449. The number of hydrogen-bond acceptors (Lipinski definition) is 6. The summed E-state index contributed by atoms with van der Waals surface area (Å²) < 4.78 is 5.36. The van der Waals surface area contributed by atoms with Gasteiger partial charge in [0.25, 0.3) is 11.6 Å². The minimum Gasteiger partial charge on any atom is -0.484 e. The third-order valence-corrected chi connectivity index (χ3v) is 3.99. The number of carbonyl (C=O) groups is 2. The first kappa shape index (κ1) is 22.5. The summed E-state index contributed by atoms with van der Waals surface area (Å²) in [7, 11) is 0. The first-order chi connectivity index (χ1) is 14.4. The van der Waals surface area contributed by atoms with Crippen molar-refractivity contribution in [1.29, 1.82) is 0 Å². The van der Waals surface area contributed by atoms with Crippen molar-refractivity contribution in [3.05, 3.63) is 75.8 Å². The van der Waals surface area contributed by atoms with Gasteiger partial charge >= 0.3 is 0 Å². The Hall–Kier alpha value is -3.79. The lowest BCUT2D eigenvalue weighted by atomic mass is 10.2. The summed E-state index contributed by atoms with van der Waals surface area (Å²) in [5, 5.41) is 12.9. The Labute approximate surface area is 178 Å². The van der Waals surface area contributed by atoms with Gasteiger partial charge in [-0.15, -0.1) is 0 Å². The summed E-state index contributed by atoms with van der Waals surface area (Å²) in [6.45, 7) is 1.82. The number of carbonyl (C=O) groups excluding carboxylic acids is 2. The average molecular weight is 428 g/mol. The number of hydrazine groups is 1. The van der Waals surface area contributed by atoms with Crippen molar-refractivity contribution < 1.29 is 19.2 Å². The average Bonchev–Trinajstić information content (AvgIpc) is 2.75. The quantitative estimate of drug-likeness (QED) is 0.268. The monoisotopic (exact) mass is 428 g/mol. The topological polar surface area (TPSA) is 123 Å². The molecule has 0 heterocycles. The highest BCUT2D eigenvalue weighted by atomic mass is 32.1. The zero-order chi connectivity index (χ0) is 21.9. The number of rotatable bonds is 7. The van der Waals surface area contributed by atoms with Crippen molar-refractivity contribution in [2.24, 2.45) is 0 Å². The molecule has 0 aromatic heterocycles. The number of nitro groups is 1. The summed E-state index contributed by atoms with van der Waals surface area (Å²) in [6, 6.07) is 13.1. The summed E-state index contributed by atoms with van der Waals surface area (Å²) in [6.07, 6.45) is 3.59. The molecule has 0 aliphatic heterocycles. The van der Waals surface area contributed by atoms with Crippen molar-refractivity contribution in [2.75, 3.05) is 6.61 Å². The van der Waals surface area contributed by atoms with E-state index in [0.29, 0.717) is 11.3 Å². The van der Waals surface area contributed by atoms with Crippen molar-refractivity contribution >= 4 is 40.9 Å². The number of non-ortho nitro benzene ring substituents is 1. The summed E-state index contributed by atoms with van der Waals surface area (Å²) in [4.78, 5) is 33.7. The fraction of sp³-hybridized carbons (Fsp3) is 0.150. The molecule has 30 heavy (non-hydrogen) atoms. The predicted molar refractivity (Wildman–Crippen MR) is 115 cm³/mol. The van der Waals surface area contributed by atoms with Crippen LogP contribution in [0.2, 0.25) is 0 Å². The van der Waals surface area contributed by atoms with Crippen LogP contribution in [0.4, 0.5) is 5.69 Å². The zero-order valence-corrected chi connectivity index (χ0v) is 16.9. The molecule has 0 spiro atoms. The molecule has 2 aromatic carbocycles. The van der Waals surface area contributed by atoms with Crippen molar-refractivity contribution in [2.45, 2.75) is 13.3 Å². The number of ether oxygens (including phenoxy) is 1. The third kappa shape index (κ3) is 7.68. The number of benzene rings is 2. The maximum atomic E-state index is 11.8. The van der Waals surface area contributed by atoms with Gasteiger partial charge in [-0.3, -0.25) is 35.9 Å². The van der Waals surface area contributed by atoms with E-state index in [1.807, 2.05) is 19.1 Å². The summed E-state index contributed by atoms with van der Waals surface area (Å²) >= 11 is 4.92. The lowest BCUT2D eigenvalue weighted by Gasteiger charge is -2.10. The highest BCUT2D eigenvalue weighted by molar-refractivity contribution is 7.80. The van der Waals surface area contributed by atoms with Crippen LogP contribution >= 0.6 is 12.2 Å². The predicted octanol–water partition coefficient (Wildman–Crippen LogP) is 2.27. The smallest absolute Gasteiger partial charge is 0.276 e. The van der Waals surface area contributed by atoms with Gasteiger partial charge in [0, 0.05) is 18.2 Å². The Balaban J connectivity index is 1.70. The Bertz CT molecular complexity index is 943. The van der Waals surface area contributed by atoms with Crippen molar-refractivity contribution in [1.82, 2.24) is 16.2 Å². The van der Waals surface area contributed by atoms with Gasteiger partial charge < -0.3 is 4.74 Å². The van der Waals surface area contributed by atoms with E-state index in [9.17, 15) is 19.7 Å². The Morgan fingerprint density at radius 1 is 1.10 bits per heavy atom. The normalized spacial score (nSPS) is 10.3. The van der Waals surface area contributed by atoms with Crippen LogP contribution in [0.15, 0.2) is 54.6 Å². The Kier molecular flexibility index (Phi) is 8.45. The molecule has 10 heteroatoms. The number of hydrogen-bond donors (Lipinski definition) is 3. The molecule has 0 unspecified atom stereocenters. The molecule has 2 amide bonds. The van der Waals surface area contributed by atoms with E-state index in [1.165, 1.54) is 36.4 Å². The van der Waals surface area contributed by atoms with Crippen LogP contribution in [0.3, 0.4) is 0 Å². The van der Waals surface area contributed by atoms with Gasteiger partial charge in [-0.1, -0.05) is 19.1 Å². The fourth-order valence-corrected chi connectivity index (χ4v) is 2.35. The highest BCUT2D eigenvalue weighted by Gasteiger charge is 2.06. The van der Waals surface area contributed by atoms with Gasteiger partial charge in [-0.25, -0.2) is 0 Å². The van der Waals surface area contributed by atoms with Gasteiger partial charge in [-0.05, 0) is 60.1 Å². The van der Waals surface area contributed by atoms with Crippen LogP contribution in [-0.2, 0) is 16.0 Å². The summed E-state index contributed by atoms with van der Waals surface area (Å²) in [5.41, 5.74) is 6.44. The van der Waals surface area contributed by atoms with Crippen LogP contribution < -0.4 is 20.9 Å². The molecule has 0 radical (unpaired) electrons. The van der Waals surface area contributed by atoms with E-state index in [1.54, 1.807) is 12.1 Å². The molecular formula is C20H20N4O5S. The lowest BCUT2D eigenvalue weighted by Crippen LogP contribution is -2.49. The molecule has 0 aliphatic rings. The molecule has 0 saturated carbocycles. The van der Waals surface area contributed by atoms with Gasteiger partial charge in [0.05, 0.1) is 4.92 Å². The lowest BCUT2D eigenvalue weighted by molar-refractivity contribution is -0.384.